The molecule has 1 heterocycles. The average Bonchev–Trinajstić information content (AvgIpc) is 3.01. The highest BCUT2D eigenvalue weighted by atomic mass is 32.1. The smallest absolute Gasteiger partial charge is 0.326 e. The van der Waals surface area contributed by atoms with E-state index in [4.69, 9.17) is 5.73 Å². The van der Waals surface area contributed by atoms with Crippen LogP contribution < -0.4 is 16.4 Å². The summed E-state index contributed by atoms with van der Waals surface area (Å²) in [5, 5.41) is 15.3. The third kappa shape index (κ3) is 4.77. The highest BCUT2D eigenvalue weighted by molar-refractivity contribution is 7.80. The van der Waals surface area contributed by atoms with Crippen molar-refractivity contribution in [2.75, 3.05) is 5.75 Å². The van der Waals surface area contributed by atoms with Gasteiger partial charge in [0.1, 0.15) is 12.1 Å². The number of hydrogen-bond donors (Lipinski definition) is 6. The lowest BCUT2D eigenvalue weighted by Gasteiger charge is -2.21. The molecule has 0 spiro atoms. The first kappa shape index (κ1) is 19.8. The molecule has 0 saturated carbocycles. The molecule has 2 rings (SSSR count). The summed E-state index contributed by atoms with van der Waals surface area (Å²) in [7, 11) is 0. The van der Waals surface area contributed by atoms with Crippen molar-refractivity contribution in [2.45, 2.75) is 31.5 Å². The van der Waals surface area contributed by atoms with E-state index in [-0.39, 0.29) is 12.2 Å². The number of aliphatic carboxylic acids is 1. The number of fused-ring (bicyclic) bond motifs is 1. The maximum Gasteiger partial charge on any atom is 0.326 e. The van der Waals surface area contributed by atoms with E-state index in [0.29, 0.717) is 0 Å². The maximum atomic E-state index is 12.4. The summed E-state index contributed by atoms with van der Waals surface area (Å²) < 4.78 is 0. The lowest BCUT2D eigenvalue weighted by Crippen LogP contribution is -2.55. The molecule has 2 aromatic rings. The van der Waals surface area contributed by atoms with E-state index in [9.17, 15) is 19.5 Å². The normalized spacial score (nSPS) is 14.4. The van der Waals surface area contributed by atoms with Crippen molar-refractivity contribution in [2.24, 2.45) is 5.73 Å². The van der Waals surface area contributed by atoms with Gasteiger partial charge in [-0.3, -0.25) is 9.59 Å². The predicted octanol–water partition coefficient (Wildman–Crippen LogP) is 0.0416. The largest absolute Gasteiger partial charge is 0.480 e. The lowest BCUT2D eigenvalue weighted by atomic mass is 10.0. The molecule has 0 aliphatic carbocycles. The van der Waals surface area contributed by atoms with Gasteiger partial charge in [0.05, 0.1) is 6.04 Å². The fraction of sp³-hybridized carbons (Fsp3) is 0.353. The summed E-state index contributed by atoms with van der Waals surface area (Å²) in [4.78, 5) is 38.7. The molecule has 6 N–H and O–H groups in total. The van der Waals surface area contributed by atoms with Gasteiger partial charge in [-0.2, -0.15) is 12.6 Å². The number of nitrogens with two attached hydrogens (primary N) is 1. The molecule has 26 heavy (non-hydrogen) atoms. The molecule has 9 heteroatoms. The van der Waals surface area contributed by atoms with E-state index in [1.54, 1.807) is 6.20 Å². The van der Waals surface area contributed by atoms with Crippen LogP contribution in [-0.4, -0.2) is 51.8 Å². The zero-order valence-electron chi connectivity index (χ0n) is 14.2. The summed E-state index contributed by atoms with van der Waals surface area (Å²) in [6, 6.07) is 4.59. The van der Waals surface area contributed by atoms with Crippen molar-refractivity contribution >= 4 is 41.3 Å². The van der Waals surface area contributed by atoms with Gasteiger partial charge in [-0.15, -0.1) is 0 Å². The minimum Gasteiger partial charge on any atom is -0.480 e. The molecule has 0 aliphatic heterocycles. The first-order valence-electron chi connectivity index (χ1n) is 8.08. The van der Waals surface area contributed by atoms with Gasteiger partial charge in [-0.25, -0.2) is 4.79 Å². The molecule has 1 aromatic carbocycles. The monoisotopic (exact) mass is 378 g/mol. The second kappa shape index (κ2) is 8.72. The summed E-state index contributed by atoms with van der Waals surface area (Å²) >= 11 is 4.04. The van der Waals surface area contributed by atoms with Crippen molar-refractivity contribution < 1.29 is 19.5 Å². The Kier molecular flexibility index (Phi) is 6.64. The van der Waals surface area contributed by atoms with Crippen molar-refractivity contribution in [3.8, 4) is 0 Å². The van der Waals surface area contributed by atoms with E-state index in [2.05, 4.69) is 28.2 Å². The minimum atomic E-state index is -1.17. The third-order valence-electron chi connectivity index (χ3n) is 3.94. The molecule has 3 atom stereocenters. The van der Waals surface area contributed by atoms with Crippen molar-refractivity contribution in [1.29, 1.82) is 0 Å². The number of H-pyrrole nitrogens is 1. The van der Waals surface area contributed by atoms with Crippen LogP contribution in [0.5, 0.6) is 0 Å². The Labute approximate surface area is 155 Å². The predicted molar refractivity (Wildman–Crippen MR) is 101 cm³/mol. The Morgan fingerprint density at radius 2 is 1.85 bits per heavy atom. The lowest BCUT2D eigenvalue weighted by molar-refractivity contribution is -0.142. The van der Waals surface area contributed by atoms with Crippen LogP contribution in [-0.2, 0) is 20.8 Å². The number of carbonyl (C=O) groups excluding carboxylic acids is 2. The molecular formula is C17H22N4O4S. The molecule has 0 aliphatic rings. The van der Waals surface area contributed by atoms with Gasteiger partial charge in [0.15, 0.2) is 0 Å². The van der Waals surface area contributed by atoms with Crippen molar-refractivity contribution in [3.05, 3.63) is 36.0 Å². The number of nitrogens with one attached hydrogen (secondary N) is 3. The minimum absolute atomic E-state index is 0.0176. The number of para-hydroxylation sites is 1. The number of hydrogen-bond acceptors (Lipinski definition) is 5. The number of amides is 2. The molecular weight excluding hydrogens is 356 g/mol. The van der Waals surface area contributed by atoms with Crippen LogP contribution in [0.1, 0.15) is 12.5 Å². The Bertz CT molecular complexity index is 805. The van der Waals surface area contributed by atoms with Gasteiger partial charge in [0, 0.05) is 29.3 Å². The molecule has 1 aromatic heterocycles. The van der Waals surface area contributed by atoms with Crippen LogP contribution in [0, 0.1) is 0 Å². The summed E-state index contributed by atoms with van der Waals surface area (Å²) in [6.45, 7) is 1.49. The van der Waals surface area contributed by atoms with E-state index >= 15 is 0 Å². The summed E-state index contributed by atoms with van der Waals surface area (Å²) in [5.74, 6) is -2.28. The van der Waals surface area contributed by atoms with Gasteiger partial charge in [-0.05, 0) is 18.6 Å². The zero-order valence-corrected chi connectivity index (χ0v) is 15.1. The maximum absolute atomic E-state index is 12.4. The van der Waals surface area contributed by atoms with E-state index < -0.39 is 35.9 Å². The molecule has 0 fully saturated rings. The number of carboxylic acid groups (broad SMARTS) is 1. The van der Waals surface area contributed by atoms with E-state index in [1.807, 2.05) is 24.3 Å². The van der Waals surface area contributed by atoms with Crippen LogP contribution in [0.25, 0.3) is 10.9 Å². The number of carbonyl (C=O) groups is 3. The first-order chi connectivity index (χ1) is 12.3. The number of thiol groups is 1. The van der Waals surface area contributed by atoms with Gasteiger partial charge in [0.2, 0.25) is 11.8 Å². The van der Waals surface area contributed by atoms with Gasteiger partial charge < -0.3 is 26.5 Å². The number of aromatic amines is 1. The molecule has 0 radical (unpaired) electrons. The SMILES string of the molecule is CC(N)C(=O)NC(CS)C(=O)NC(Cc1c[nH]c2ccccc12)C(=O)O. The topological polar surface area (TPSA) is 137 Å². The van der Waals surface area contributed by atoms with Crippen molar-refractivity contribution in [1.82, 2.24) is 15.6 Å². The van der Waals surface area contributed by atoms with Crippen LogP contribution in [0.15, 0.2) is 30.5 Å². The molecule has 140 valence electrons. The number of carboxylic acids is 1. The Morgan fingerprint density at radius 3 is 2.46 bits per heavy atom. The fourth-order valence-electron chi connectivity index (χ4n) is 2.49. The van der Waals surface area contributed by atoms with E-state index in [1.165, 1.54) is 6.92 Å². The molecule has 8 nitrogen and oxygen atoms in total. The van der Waals surface area contributed by atoms with Crippen LogP contribution in [0.2, 0.25) is 0 Å². The highest BCUT2D eigenvalue weighted by Gasteiger charge is 2.27. The second-order valence-electron chi connectivity index (χ2n) is 6.00. The Morgan fingerprint density at radius 1 is 1.19 bits per heavy atom. The summed E-state index contributed by atoms with van der Waals surface area (Å²) in [5.41, 5.74) is 7.12. The second-order valence-corrected chi connectivity index (χ2v) is 6.36. The standard InChI is InChI=1S/C17H22N4O4S/c1-9(18)15(22)21-14(8-26)16(23)20-13(17(24)25)6-10-7-19-12-5-3-2-4-11(10)12/h2-5,7,9,13-14,19,26H,6,8,18H2,1H3,(H,20,23)(H,21,22)(H,24,25). The van der Waals surface area contributed by atoms with E-state index in [0.717, 1.165) is 16.5 Å². The summed E-state index contributed by atoms with van der Waals surface area (Å²) in [6.07, 6.45) is 1.83. The van der Waals surface area contributed by atoms with Crippen LogP contribution >= 0.6 is 12.6 Å². The van der Waals surface area contributed by atoms with Gasteiger partial charge in [0.25, 0.3) is 0 Å². The average molecular weight is 378 g/mol. The molecule has 0 saturated heterocycles. The van der Waals surface area contributed by atoms with Crippen LogP contribution in [0.4, 0.5) is 0 Å². The van der Waals surface area contributed by atoms with Crippen LogP contribution in [0.3, 0.4) is 0 Å². The first-order valence-corrected chi connectivity index (χ1v) is 8.71. The number of benzene rings is 1. The van der Waals surface area contributed by atoms with Gasteiger partial charge in [-0.1, -0.05) is 18.2 Å². The fourth-order valence-corrected chi connectivity index (χ4v) is 2.75. The quantitative estimate of drug-likeness (QED) is 0.360. The Hall–Kier alpha value is -2.52. The number of aromatic nitrogens is 1. The third-order valence-corrected chi connectivity index (χ3v) is 4.31. The van der Waals surface area contributed by atoms with Crippen molar-refractivity contribution in [3.63, 3.8) is 0 Å². The molecule has 0 bridgehead atoms. The number of rotatable bonds is 8. The Balaban J connectivity index is 2.10. The van der Waals surface area contributed by atoms with Gasteiger partial charge >= 0.3 is 5.97 Å². The highest BCUT2D eigenvalue weighted by Crippen LogP contribution is 2.19. The molecule has 3 unspecified atom stereocenters. The molecule has 2 amide bonds. The zero-order chi connectivity index (χ0) is 19.3.